The van der Waals surface area contributed by atoms with E-state index in [2.05, 4.69) is 86.3 Å². The fourth-order valence-corrected chi connectivity index (χ4v) is 5.21. The molecule has 0 N–H and O–H groups in total. The molecule has 37 heavy (non-hydrogen) atoms. The normalized spacial score (nSPS) is 13.5. The van der Waals surface area contributed by atoms with Gasteiger partial charge in [-0.3, -0.25) is 4.79 Å². The van der Waals surface area contributed by atoms with Crippen LogP contribution in [0.15, 0.2) is 60.8 Å². The number of benzene rings is 2. The molecular weight excluding hydrogens is 458 g/mol. The van der Waals surface area contributed by atoms with Gasteiger partial charge < -0.3 is 9.80 Å². The molecule has 0 bridgehead atoms. The van der Waals surface area contributed by atoms with Gasteiger partial charge in [0.05, 0.1) is 22.8 Å². The molecule has 6 nitrogen and oxygen atoms in total. The highest BCUT2D eigenvalue weighted by atomic mass is 16.2. The van der Waals surface area contributed by atoms with Crippen LogP contribution in [0.1, 0.15) is 66.7 Å². The molecule has 3 heterocycles. The lowest BCUT2D eigenvalue weighted by Crippen LogP contribution is -2.36. The predicted molar refractivity (Wildman–Crippen MR) is 149 cm³/mol. The van der Waals surface area contributed by atoms with Crippen molar-refractivity contribution in [3.8, 4) is 11.3 Å². The van der Waals surface area contributed by atoms with E-state index >= 15 is 0 Å². The number of carbonyl (C=O) groups is 1. The number of aromatic nitrogens is 3. The summed E-state index contributed by atoms with van der Waals surface area (Å²) < 4.78 is 1.92. The van der Waals surface area contributed by atoms with Gasteiger partial charge in [0.2, 0.25) is 0 Å². The van der Waals surface area contributed by atoms with E-state index in [1.165, 1.54) is 29.5 Å². The molecule has 0 atom stereocenters. The predicted octanol–water partition coefficient (Wildman–Crippen LogP) is 6.11. The number of hydrogen-bond donors (Lipinski definition) is 0. The van der Waals surface area contributed by atoms with Gasteiger partial charge in [-0.15, -0.1) is 0 Å². The number of amides is 1. The molecule has 2 aromatic heterocycles. The number of hydrogen-bond acceptors (Lipinski definition) is 4. The molecule has 5 rings (SSSR count). The van der Waals surface area contributed by atoms with Crippen LogP contribution in [0.4, 0.5) is 0 Å². The topological polar surface area (TPSA) is 54.3 Å². The van der Waals surface area contributed by atoms with Gasteiger partial charge in [0, 0.05) is 31.2 Å². The van der Waals surface area contributed by atoms with Crippen LogP contribution in [0.5, 0.6) is 0 Å². The van der Waals surface area contributed by atoms with Crippen LogP contribution < -0.4 is 0 Å². The van der Waals surface area contributed by atoms with Gasteiger partial charge >= 0.3 is 0 Å². The molecule has 1 aliphatic rings. The molecule has 0 fully saturated rings. The summed E-state index contributed by atoms with van der Waals surface area (Å²) in [6.45, 7) is 9.72. The molecule has 4 aromatic rings. The van der Waals surface area contributed by atoms with Crippen molar-refractivity contribution in [1.82, 2.24) is 24.6 Å². The van der Waals surface area contributed by atoms with Gasteiger partial charge in [-0.25, -0.2) is 9.67 Å². The number of fused-ring (bicyclic) bond motifs is 2. The number of carbonyl (C=O) groups excluding carboxylic acids is 1. The summed E-state index contributed by atoms with van der Waals surface area (Å²) >= 11 is 0. The first-order chi connectivity index (χ1) is 17.9. The zero-order valence-corrected chi connectivity index (χ0v) is 22.4. The number of pyridine rings is 1. The van der Waals surface area contributed by atoms with Crippen molar-refractivity contribution < 1.29 is 4.79 Å². The molecule has 6 heteroatoms. The average Bonchev–Trinajstić information content (AvgIpc) is 3.35. The maximum absolute atomic E-state index is 14.0. The van der Waals surface area contributed by atoms with Crippen molar-refractivity contribution in [2.75, 3.05) is 20.1 Å². The fourth-order valence-electron chi connectivity index (χ4n) is 5.21. The molecule has 1 aliphatic heterocycles. The smallest absolute Gasteiger partial charge is 0.255 e. The Balaban J connectivity index is 1.53. The Morgan fingerprint density at radius 2 is 1.89 bits per heavy atom. The number of unbranched alkanes of at least 4 members (excludes halogenated alkanes) is 1. The van der Waals surface area contributed by atoms with E-state index in [0.29, 0.717) is 18.7 Å². The monoisotopic (exact) mass is 495 g/mol. The molecule has 1 amide bonds. The lowest BCUT2D eigenvalue weighted by atomic mass is 9.98. The maximum atomic E-state index is 14.0. The van der Waals surface area contributed by atoms with Crippen LogP contribution in [0.25, 0.3) is 22.3 Å². The third-order valence-corrected chi connectivity index (χ3v) is 7.27. The van der Waals surface area contributed by atoms with E-state index in [4.69, 9.17) is 4.98 Å². The standard InChI is InChI=1S/C31H37N5O/c1-5-6-15-34(4)20-23-10-9-13-25(17-23)29-18-27(28-19-32-36(22(2)3)30(28)33-29)31(37)35-16-14-24-11-7-8-12-26(24)21-35/h7-13,17-19,22H,5-6,14-16,20-21H2,1-4H3. The second-order valence-corrected chi connectivity index (χ2v) is 10.5. The first-order valence-corrected chi connectivity index (χ1v) is 13.5. The molecule has 2 aromatic carbocycles. The minimum absolute atomic E-state index is 0.0434. The molecule has 192 valence electrons. The Morgan fingerprint density at radius 3 is 2.68 bits per heavy atom. The second kappa shape index (κ2) is 10.9. The van der Waals surface area contributed by atoms with E-state index < -0.39 is 0 Å². The Bertz CT molecular complexity index is 1410. The molecular formula is C31H37N5O. The first kappa shape index (κ1) is 25.2. The van der Waals surface area contributed by atoms with Crippen molar-refractivity contribution in [2.24, 2.45) is 0 Å². The van der Waals surface area contributed by atoms with E-state index in [9.17, 15) is 4.79 Å². The van der Waals surface area contributed by atoms with Gasteiger partial charge in [-0.1, -0.05) is 55.8 Å². The maximum Gasteiger partial charge on any atom is 0.255 e. The van der Waals surface area contributed by atoms with Gasteiger partial charge in [0.1, 0.15) is 0 Å². The quantitative estimate of drug-likeness (QED) is 0.296. The summed E-state index contributed by atoms with van der Waals surface area (Å²) in [6.07, 6.45) is 5.06. The SMILES string of the molecule is CCCCN(C)Cc1cccc(-c2cc(C(=O)N3CCc4ccccc4C3)c3cnn(C(C)C)c3n2)c1. The minimum atomic E-state index is 0.0434. The first-order valence-electron chi connectivity index (χ1n) is 13.5. The Hall–Kier alpha value is -3.51. The highest BCUT2D eigenvalue weighted by molar-refractivity contribution is 6.06. The molecule has 0 aliphatic carbocycles. The number of nitrogens with zero attached hydrogens (tertiary/aromatic N) is 5. The number of rotatable bonds is 8. The van der Waals surface area contributed by atoms with Crippen LogP contribution in [0.3, 0.4) is 0 Å². The fraction of sp³-hybridized carbons (Fsp3) is 0.387. The zero-order chi connectivity index (χ0) is 25.9. The van der Waals surface area contributed by atoms with Crippen LogP contribution in [0, 0.1) is 0 Å². The van der Waals surface area contributed by atoms with Crippen molar-refractivity contribution in [2.45, 2.75) is 59.2 Å². The third-order valence-electron chi connectivity index (χ3n) is 7.27. The Labute approximate surface area is 219 Å². The van der Waals surface area contributed by atoms with Crippen molar-refractivity contribution in [3.63, 3.8) is 0 Å². The van der Waals surface area contributed by atoms with Gasteiger partial charge in [-0.2, -0.15) is 5.10 Å². The molecule has 0 radical (unpaired) electrons. The largest absolute Gasteiger partial charge is 0.334 e. The highest BCUT2D eigenvalue weighted by Crippen LogP contribution is 2.29. The van der Waals surface area contributed by atoms with Gasteiger partial charge in [0.25, 0.3) is 5.91 Å². The average molecular weight is 496 g/mol. The van der Waals surface area contributed by atoms with E-state index in [1.807, 2.05) is 15.6 Å². The van der Waals surface area contributed by atoms with Gasteiger partial charge in [-0.05, 0) is 69.1 Å². The van der Waals surface area contributed by atoms with Crippen LogP contribution in [0.2, 0.25) is 0 Å². The summed E-state index contributed by atoms with van der Waals surface area (Å²) in [6, 6.07) is 19.1. The van der Waals surface area contributed by atoms with Crippen molar-refractivity contribution >= 4 is 16.9 Å². The summed E-state index contributed by atoms with van der Waals surface area (Å²) in [7, 11) is 2.17. The van der Waals surface area contributed by atoms with Crippen molar-refractivity contribution in [1.29, 1.82) is 0 Å². The Kier molecular flexibility index (Phi) is 7.38. The summed E-state index contributed by atoms with van der Waals surface area (Å²) in [5.74, 6) is 0.0434. The lowest BCUT2D eigenvalue weighted by Gasteiger charge is -2.29. The highest BCUT2D eigenvalue weighted by Gasteiger charge is 2.25. The zero-order valence-electron chi connectivity index (χ0n) is 22.4. The van der Waals surface area contributed by atoms with Crippen LogP contribution >= 0.6 is 0 Å². The summed E-state index contributed by atoms with van der Waals surface area (Å²) in [4.78, 5) is 23.3. The van der Waals surface area contributed by atoms with E-state index in [1.54, 1.807) is 6.20 Å². The van der Waals surface area contributed by atoms with Crippen LogP contribution in [-0.2, 0) is 19.5 Å². The minimum Gasteiger partial charge on any atom is -0.334 e. The summed E-state index contributed by atoms with van der Waals surface area (Å²) in [5, 5.41) is 5.43. The summed E-state index contributed by atoms with van der Waals surface area (Å²) in [5.41, 5.74) is 7.09. The molecule has 0 spiro atoms. The molecule has 0 unspecified atom stereocenters. The van der Waals surface area contributed by atoms with Crippen molar-refractivity contribution in [3.05, 3.63) is 83.0 Å². The van der Waals surface area contributed by atoms with Gasteiger partial charge in [0.15, 0.2) is 5.65 Å². The lowest BCUT2D eigenvalue weighted by molar-refractivity contribution is 0.0736. The third kappa shape index (κ3) is 5.30. The Morgan fingerprint density at radius 1 is 1.08 bits per heavy atom. The molecule has 0 saturated carbocycles. The van der Waals surface area contributed by atoms with Crippen LogP contribution in [-0.4, -0.2) is 50.6 Å². The second-order valence-electron chi connectivity index (χ2n) is 10.5. The van der Waals surface area contributed by atoms with E-state index in [-0.39, 0.29) is 11.9 Å². The molecule has 0 saturated heterocycles. The van der Waals surface area contributed by atoms with E-state index in [0.717, 1.165) is 41.8 Å².